The standard InChI is InChI=1S/C23H23N3O3/c1-16-19(12-24-26(16)13-17-8-4-2-5-9-17)22(27)25-14-20(21(15-25)23(28)29)18-10-6-3-7-11-18/h2-12,20-21H,13-15H2,1H3,(H,28,29)/t20-,21-/m0/s1. The maximum absolute atomic E-state index is 13.2. The molecule has 1 aromatic heterocycles. The van der Waals surface area contributed by atoms with Crippen LogP contribution in [0.3, 0.4) is 0 Å². The Labute approximate surface area is 169 Å². The summed E-state index contributed by atoms with van der Waals surface area (Å²) in [7, 11) is 0. The lowest BCUT2D eigenvalue weighted by molar-refractivity contribution is -0.141. The van der Waals surface area contributed by atoms with Gasteiger partial charge in [-0.2, -0.15) is 5.10 Å². The summed E-state index contributed by atoms with van der Waals surface area (Å²) in [4.78, 5) is 26.6. The van der Waals surface area contributed by atoms with E-state index >= 15 is 0 Å². The van der Waals surface area contributed by atoms with E-state index in [1.807, 2.05) is 72.3 Å². The fraction of sp³-hybridized carbons (Fsp3) is 0.261. The number of aromatic nitrogens is 2. The molecule has 2 heterocycles. The van der Waals surface area contributed by atoms with Crippen LogP contribution in [0.2, 0.25) is 0 Å². The Hall–Kier alpha value is -3.41. The smallest absolute Gasteiger partial charge is 0.308 e. The maximum Gasteiger partial charge on any atom is 0.308 e. The summed E-state index contributed by atoms with van der Waals surface area (Å²) in [6.07, 6.45) is 1.59. The highest BCUT2D eigenvalue weighted by molar-refractivity contribution is 5.95. The van der Waals surface area contributed by atoms with E-state index in [1.165, 1.54) is 0 Å². The molecule has 148 valence electrons. The van der Waals surface area contributed by atoms with Crippen molar-refractivity contribution in [2.24, 2.45) is 5.92 Å². The Morgan fingerprint density at radius 2 is 1.69 bits per heavy atom. The number of hydrogen-bond donors (Lipinski definition) is 1. The predicted molar refractivity (Wildman–Crippen MR) is 109 cm³/mol. The Morgan fingerprint density at radius 3 is 2.34 bits per heavy atom. The topological polar surface area (TPSA) is 75.4 Å². The van der Waals surface area contributed by atoms with Gasteiger partial charge in [-0.05, 0) is 18.1 Å². The van der Waals surface area contributed by atoms with E-state index in [9.17, 15) is 14.7 Å². The second-order valence-corrected chi connectivity index (χ2v) is 7.46. The van der Waals surface area contributed by atoms with Crippen LogP contribution in [0.5, 0.6) is 0 Å². The molecule has 1 aliphatic heterocycles. The normalized spacial score (nSPS) is 18.7. The molecule has 0 unspecified atom stereocenters. The molecule has 6 nitrogen and oxygen atoms in total. The van der Waals surface area contributed by atoms with Gasteiger partial charge in [0.2, 0.25) is 0 Å². The van der Waals surface area contributed by atoms with Gasteiger partial charge < -0.3 is 10.0 Å². The summed E-state index contributed by atoms with van der Waals surface area (Å²) in [5.41, 5.74) is 3.37. The number of nitrogens with zero attached hydrogens (tertiary/aromatic N) is 3. The molecule has 4 rings (SSSR count). The van der Waals surface area contributed by atoms with Crippen LogP contribution in [0.1, 0.15) is 33.1 Å². The van der Waals surface area contributed by atoms with Gasteiger partial charge in [-0.1, -0.05) is 60.7 Å². The Morgan fingerprint density at radius 1 is 1.03 bits per heavy atom. The van der Waals surface area contributed by atoms with E-state index in [0.29, 0.717) is 18.7 Å². The van der Waals surface area contributed by atoms with Gasteiger partial charge in [-0.15, -0.1) is 0 Å². The fourth-order valence-corrected chi connectivity index (χ4v) is 4.00. The Kier molecular flexibility index (Phi) is 5.16. The van der Waals surface area contributed by atoms with E-state index in [-0.39, 0.29) is 18.4 Å². The summed E-state index contributed by atoms with van der Waals surface area (Å²) in [5, 5.41) is 14.1. The molecule has 1 amide bonds. The largest absolute Gasteiger partial charge is 0.481 e. The first-order valence-corrected chi connectivity index (χ1v) is 9.68. The van der Waals surface area contributed by atoms with Gasteiger partial charge in [-0.25, -0.2) is 0 Å². The first-order chi connectivity index (χ1) is 14.0. The van der Waals surface area contributed by atoms with Crippen LogP contribution in [0.4, 0.5) is 0 Å². The minimum atomic E-state index is -0.870. The predicted octanol–water partition coefficient (Wildman–Crippen LogP) is 3.18. The number of carboxylic acid groups (broad SMARTS) is 1. The first-order valence-electron chi connectivity index (χ1n) is 9.68. The molecule has 0 bridgehead atoms. The molecule has 0 spiro atoms. The van der Waals surface area contributed by atoms with Crippen molar-refractivity contribution in [3.63, 3.8) is 0 Å². The Bertz CT molecular complexity index is 1010. The Balaban J connectivity index is 1.55. The van der Waals surface area contributed by atoms with Crippen molar-refractivity contribution in [1.82, 2.24) is 14.7 Å². The summed E-state index contributed by atoms with van der Waals surface area (Å²) in [5.74, 6) is -1.85. The number of carboxylic acids is 1. The van der Waals surface area contributed by atoms with Gasteiger partial charge in [0.1, 0.15) is 0 Å². The lowest BCUT2D eigenvalue weighted by Crippen LogP contribution is -2.30. The molecule has 29 heavy (non-hydrogen) atoms. The zero-order valence-corrected chi connectivity index (χ0v) is 16.2. The van der Waals surface area contributed by atoms with E-state index in [2.05, 4.69) is 5.10 Å². The SMILES string of the molecule is Cc1c(C(=O)N2C[C@H](C(=O)O)[C@H](c3ccccc3)C2)cnn1Cc1ccccc1. The van der Waals surface area contributed by atoms with Crippen molar-refractivity contribution in [1.29, 1.82) is 0 Å². The molecule has 0 aliphatic carbocycles. The monoisotopic (exact) mass is 389 g/mol. The molecule has 3 aromatic rings. The number of rotatable bonds is 5. The molecule has 1 N–H and O–H groups in total. The number of aliphatic carboxylic acids is 1. The van der Waals surface area contributed by atoms with E-state index in [1.54, 1.807) is 11.1 Å². The zero-order valence-electron chi connectivity index (χ0n) is 16.2. The molecule has 1 fully saturated rings. The molecule has 1 saturated heterocycles. The molecular formula is C23H23N3O3. The summed E-state index contributed by atoms with van der Waals surface area (Å²) in [6.45, 7) is 3.06. The van der Waals surface area contributed by atoms with Crippen LogP contribution >= 0.6 is 0 Å². The van der Waals surface area contributed by atoms with Crippen molar-refractivity contribution >= 4 is 11.9 Å². The van der Waals surface area contributed by atoms with Gasteiger partial charge >= 0.3 is 5.97 Å². The van der Waals surface area contributed by atoms with Crippen LogP contribution < -0.4 is 0 Å². The number of hydrogen-bond acceptors (Lipinski definition) is 3. The highest BCUT2D eigenvalue weighted by Crippen LogP contribution is 2.34. The van der Waals surface area contributed by atoms with Crippen molar-refractivity contribution in [3.8, 4) is 0 Å². The van der Waals surface area contributed by atoms with E-state index in [0.717, 1.165) is 16.8 Å². The lowest BCUT2D eigenvalue weighted by atomic mass is 9.89. The third-order valence-electron chi connectivity index (χ3n) is 5.66. The number of carbonyl (C=O) groups excluding carboxylic acids is 1. The van der Waals surface area contributed by atoms with Gasteiger partial charge in [0.05, 0.1) is 24.2 Å². The number of benzene rings is 2. The van der Waals surface area contributed by atoms with Crippen LogP contribution in [0.25, 0.3) is 0 Å². The summed E-state index contributed by atoms with van der Waals surface area (Å²) in [6, 6.07) is 19.5. The van der Waals surface area contributed by atoms with Crippen molar-refractivity contribution in [2.75, 3.05) is 13.1 Å². The molecule has 2 atom stereocenters. The van der Waals surface area contributed by atoms with E-state index in [4.69, 9.17) is 0 Å². The zero-order chi connectivity index (χ0) is 20.4. The molecule has 6 heteroatoms. The van der Waals surface area contributed by atoms with Crippen LogP contribution in [-0.4, -0.2) is 44.8 Å². The van der Waals surface area contributed by atoms with Crippen molar-refractivity contribution in [3.05, 3.63) is 89.2 Å². The highest BCUT2D eigenvalue weighted by atomic mass is 16.4. The van der Waals surface area contributed by atoms with Crippen LogP contribution in [0, 0.1) is 12.8 Å². The quantitative estimate of drug-likeness (QED) is 0.727. The van der Waals surface area contributed by atoms with Crippen molar-refractivity contribution < 1.29 is 14.7 Å². The highest BCUT2D eigenvalue weighted by Gasteiger charge is 2.41. The average molecular weight is 389 g/mol. The third-order valence-corrected chi connectivity index (χ3v) is 5.66. The van der Waals surface area contributed by atoms with Crippen LogP contribution in [0.15, 0.2) is 66.9 Å². The number of likely N-dealkylation sites (tertiary alicyclic amines) is 1. The lowest BCUT2D eigenvalue weighted by Gasteiger charge is -2.16. The molecule has 0 saturated carbocycles. The molecule has 0 radical (unpaired) electrons. The average Bonchev–Trinajstić information content (AvgIpc) is 3.34. The molecule has 1 aliphatic rings. The molecular weight excluding hydrogens is 366 g/mol. The minimum absolute atomic E-state index is 0.161. The second kappa shape index (κ2) is 7.91. The van der Waals surface area contributed by atoms with Gasteiger partial charge in [0.25, 0.3) is 5.91 Å². The summed E-state index contributed by atoms with van der Waals surface area (Å²) < 4.78 is 1.81. The van der Waals surface area contributed by atoms with Crippen LogP contribution in [-0.2, 0) is 11.3 Å². The first kappa shape index (κ1) is 18.9. The number of carbonyl (C=O) groups is 2. The number of amides is 1. The van der Waals surface area contributed by atoms with Gasteiger partial charge in [-0.3, -0.25) is 14.3 Å². The van der Waals surface area contributed by atoms with Gasteiger partial charge in [0.15, 0.2) is 0 Å². The maximum atomic E-state index is 13.2. The minimum Gasteiger partial charge on any atom is -0.481 e. The summed E-state index contributed by atoms with van der Waals surface area (Å²) >= 11 is 0. The second-order valence-electron chi connectivity index (χ2n) is 7.46. The van der Waals surface area contributed by atoms with E-state index < -0.39 is 11.9 Å². The molecule has 2 aromatic carbocycles. The third kappa shape index (κ3) is 3.78. The van der Waals surface area contributed by atoms with Gasteiger partial charge in [0, 0.05) is 24.7 Å². The van der Waals surface area contributed by atoms with Crippen molar-refractivity contribution in [2.45, 2.75) is 19.4 Å². The fourth-order valence-electron chi connectivity index (χ4n) is 4.00.